The molecule has 1 aliphatic rings. The summed E-state index contributed by atoms with van der Waals surface area (Å²) in [6.45, 7) is 4.43. The summed E-state index contributed by atoms with van der Waals surface area (Å²) in [4.78, 5) is 2.22. The zero-order chi connectivity index (χ0) is 14.6. The van der Waals surface area contributed by atoms with Gasteiger partial charge < -0.3 is 4.90 Å². The molecular weight excluding hydrogens is 296 g/mol. The highest BCUT2D eigenvalue weighted by molar-refractivity contribution is 7.89. The van der Waals surface area contributed by atoms with Crippen LogP contribution in [0, 0.1) is 5.92 Å². The van der Waals surface area contributed by atoms with Gasteiger partial charge in [0.15, 0.2) is 0 Å². The van der Waals surface area contributed by atoms with Crippen molar-refractivity contribution in [3.63, 3.8) is 0 Å². The van der Waals surface area contributed by atoms with Gasteiger partial charge in [-0.3, -0.25) is 0 Å². The fourth-order valence-electron chi connectivity index (χ4n) is 2.37. The van der Waals surface area contributed by atoms with E-state index in [1.165, 1.54) is 0 Å². The molecule has 0 N–H and O–H groups in total. The zero-order valence-corrected chi connectivity index (χ0v) is 13.3. The molecule has 1 aliphatic heterocycles. The van der Waals surface area contributed by atoms with Gasteiger partial charge in [0.25, 0.3) is 0 Å². The molecule has 0 radical (unpaired) electrons. The van der Waals surface area contributed by atoms with Gasteiger partial charge in [-0.05, 0) is 18.1 Å². The van der Waals surface area contributed by atoms with Crippen LogP contribution in [0.1, 0.15) is 6.92 Å². The molecule has 1 saturated heterocycles. The third-order valence-corrected chi connectivity index (χ3v) is 6.18. The molecule has 1 aromatic carbocycles. The molecule has 20 heavy (non-hydrogen) atoms. The van der Waals surface area contributed by atoms with E-state index in [4.69, 9.17) is 11.6 Å². The van der Waals surface area contributed by atoms with E-state index in [-0.39, 0.29) is 11.7 Å². The normalized spacial score (nSPS) is 19.0. The average molecular weight is 317 g/mol. The number of hydrogen-bond acceptors (Lipinski definition) is 3. The number of sulfonamides is 1. The molecular formula is C14H21ClN2O2S. The molecule has 0 amide bonds. The number of piperazine rings is 1. The maximum Gasteiger partial charge on any atom is 0.214 e. The van der Waals surface area contributed by atoms with Gasteiger partial charge in [0.05, 0.1) is 5.75 Å². The molecule has 0 aromatic heterocycles. The summed E-state index contributed by atoms with van der Waals surface area (Å²) < 4.78 is 26.1. The molecule has 1 unspecified atom stereocenters. The van der Waals surface area contributed by atoms with Crippen LogP contribution in [0.4, 0.5) is 5.69 Å². The van der Waals surface area contributed by atoms with E-state index < -0.39 is 10.0 Å². The lowest BCUT2D eigenvalue weighted by molar-refractivity contribution is 0.382. The van der Waals surface area contributed by atoms with Crippen molar-refractivity contribution in [3.8, 4) is 0 Å². The Hall–Kier alpha value is -0.780. The lowest BCUT2D eigenvalue weighted by Crippen LogP contribution is -2.49. The van der Waals surface area contributed by atoms with E-state index in [1.54, 1.807) is 4.31 Å². The number of halogens is 1. The van der Waals surface area contributed by atoms with Crippen molar-refractivity contribution in [2.75, 3.05) is 42.7 Å². The number of anilines is 1. The predicted octanol–water partition coefficient (Wildman–Crippen LogP) is 2.01. The summed E-state index contributed by atoms with van der Waals surface area (Å²) in [5.41, 5.74) is 1.15. The van der Waals surface area contributed by atoms with Crippen molar-refractivity contribution in [3.05, 3.63) is 30.3 Å². The number of para-hydroxylation sites is 1. The van der Waals surface area contributed by atoms with Crippen molar-refractivity contribution in [2.45, 2.75) is 6.92 Å². The Labute approximate surface area is 126 Å². The van der Waals surface area contributed by atoms with Crippen LogP contribution in [0.3, 0.4) is 0 Å². The lowest BCUT2D eigenvalue weighted by Gasteiger charge is -2.35. The fourth-order valence-corrected chi connectivity index (χ4v) is 4.38. The summed E-state index contributed by atoms with van der Waals surface area (Å²) in [5.74, 6) is 0.513. The van der Waals surface area contributed by atoms with Crippen LogP contribution in [0.5, 0.6) is 0 Å². The maximum atomic E-state index is 12.2. The molecule has 0 saturated carbocycles. The molecule has 1 atom stereocenters. The number of benzene rings is 1. The summed E-state index contributed by atoms with van der Waals surface area (Å²) >= 11 is 5.71. The summed E-state index contributed by atoms with van der Waals surface area (Å²) in [6.07, 6.45) is 0. The molecule has 6 heteroatoms. The van der Waals surface area contributed by atoms with Crippen LogP contribution in [-0.2, 0) is 10.0 Å². The summed E-state index contributed by atoms with van der Waals surface area (Å²) in [7, 11) is -3.18. The minimum absolute atomic E-state index is 0.00572. The zero-order valence-electron chi connectivity index (χ0n) is 11.7. The number of hydrogen-bond donors (Lipinski definition) is 0. The third kappa shape index (κ3) is 3.87. The van der Waals surface area contributed by atoms with E-state index in [2.05, 4.69) is 17.0 Å². The maximum absolute atomic E-state index is 12.2. The van der Waals surface area contributed by atoms with Crippen molar-refractivity contribution in [1.82, 2.24) is 4.31 Å². The first-order valence-electron chi connectivity index (χ1n) is 6.86. The quantitative estimate of drug-likeness (QED) is 0.780. The second-order valence-electron chi connectivity index (χ2n) is 5.26. The molecule has 0 aliphatic carbocycles. The van der Waals surface area contributed by atoms with E-state index in [0.29, 0.717) is 19.0 Å². The van der Waals surface area contributed by atoms with Crippen LogP contribution >= 0.6 is 11.6 Å². The van der Waals surface area contributed by atoms with Crippen molar-refractivity contribution in [1.29, 1.82) is 0 Å². The third-order valence-electron chi connectivity index (χ3n) is 3.51. The molecule has 4 nitrogen and oxygen atoms in total. The van der Waals surface area contributed by atoms with E-state index in [0.717, 1.165) is 18.8 Å². The van der Waals surface area contributed by atoms with Gasteiger partial charge in [-0.2, -0.15) is 4.31 Å². The Morgan fingerprint density at radius 3 is 2.30 bits per heavy atom. The van der Waals surface area contributed by atoms with Gasteiger partial charge in [0.1, 0.15) is 0 Å². The first kappa shape index (κ1) is 15.6. The first-order valence-corrected chi connectivity index (χ1v) is 9.01. The Morgan fingerprint density at radius 2 is 1.75 bits per heavy atom. The minimum Gasteiger partial charge on any atom is -0.369 e. The van der Waals surface area contributed by atoms with Crippen LogP contribution in [0.2, 0.25) is 0 Å². The Morgan fingerprint density at radius 1 is 1.15 bits per heavy atom. The monoisotopic (exact) mass is 316 g/mol. The van der Waals surface area contributed by atoms with E-state index in [9.17, 15) is 8.42 Å². The number of alkyl halides is 1. The molecule has 1 aromatic rings. The Kier molecular flexibility index (Phi) is 5.29. The standard InChI is InChI=1S/C14H21ClN2O2S/c1-13(11-15)12-20(18,19)17-9-7-16(8-10-17)14-5-3-2-4-6-14/h2-6,13H,7-12H2,1H3. The summed E-state index contributed by atoms with van der Waals surface area (Å²) in [6, 6.07) is 10.1. The second kappa shape index (κ2) is 6.78. The van der Waals surface area contributed by atoms with E-state index in [1.807, 2.05) is 25.1 Å². The highest BCUT2D eigenvalue weighted by Crippen LogP contribution is 2.18. The van der Waals surface area contributed by atoms with Crippen molar-refractivity contribution >= 4 is 27.3 Å². The highest BCUT2D eigenvalue weighted by atomic mass is 35.5. The van der Waals surface area contributed by atoms with Gasteiger partial charge >= 0.3 is 0 Å². The van der Waals surface area contributed by atoms with E-state index >= 15 is 0 Å². The number of rotatable bonds is 5. The van der Waals surface area contributed by atoms with Crippen molar-refractivity contribution < 1.29 is 8.42 Å². The topological polar surface area (TPSA) is 40.6 Å². The van der Waals surface area contributed by atoms with Crippen LogP contribution in [-0.4, -0.2) is 50.5 Å². The molecule has 2 rings (SSSR count). The molecule has 112 valence electrons. The van der Waals surface area contributed by atoms with Gasteiger partial charge in [-0.25, -0.2) is 8.42 Å². The second-order valence-corrected chi connectivity index (χ2v) is 7.58. The van der Waals surface area contributed by atoms with Crippen molar-refractivity contribution in [2.24, 2.45) is 5.92 Å². The lowest BCUT2D eigenvalue weighted by atomic mass is 10.2. The molecule has 0 spiro atoms. The Bertz CT molecular complexity index is 513. The predicted molar refractivity (Wildman–Crippen MR) is 83.9 cm³/mol. The Balaban J connectivity index is 1.94. The van der Waals surface area contributed by atoms with Gasteiger partial charge in [0.2, 0.25) is 10.0 Å². The van der Waals surface area contributed by atoms with Gasteiger partial charge in [-0.1, -0.05) is 25.1 Å². The van der Waals surface area contributed by atoms with Gasteiger partial charge in [0, 0.05) is 37.7 Å². The minimum atomic E-state index is -3.18. The molecule has 1 heterocycles. The highest BCUT2D eigenvalue weighted by Gasteiger charge is 2.28. The SMILES string of the molecule is CC(CCl)CS(=O)(=O)N1CCN(c2ccccc2)CC1. The van der Waals surface area contributed by atoms with Crippen LogP contribution in [0.15, 0.2) is 30.3 Å². The molecule has 0 bridgehead atoms. The number of nitrogens with zero attached hydrogens (tertiary/aromatic N) is 2. The van der Waals surface area contributed by atoms with Gasteiger partial charge in [-0.15, -0.1) is 11.6 Å². The molecule has 1 fully saturated rings. The van der Waals surface area contributed by atoms with Crippen LogP contribution in [0.25, 0.3) is 0 Å². The fraction of sp³-hybridized carbons (Fsp3) is 0.571. The average Bonchev–Trinajstić information content (AvgIpc) is 2.48. The van der Waals surface area contributed by atoms with Crippen LogP contribution < -0.4 is 4.90 Å². The smallest absolute Gasteiger partial charge is 0.214 e. The largest absolute Gasteiger partial charge is 0.369 e. The summed E-state index contributed by atoms with van der Waals surface area (Å²) in [5, 5.41) is 0. The first-order chi connectivity index (χ1) is 9.53.